The van der Waals surface area contributed by atoms with Crippen molar-refractivity contribution in [1.29, 1.82) is 0 Å². The van der Waals surface area contributed by atoms with Crippen molar-refractivity contribution < 1.29 is 23.8 Å². The number of ether oxygens (including phenoxy) is 3. The van der Waals surface area contributed by atoms with Gasteiger partial charge < -0.3 is 19.5 Å². The normalized spacial score (nSPS) is 12.7. The van der Waals surface area contributed by atoms with E-state index < -0.39 is 0 Å². The van der Waals surface area contributed by atoms with Crippen molar-refractivity contribution in [2.75, 3.05) is 25.1 Å². The molecule has 1 aromatic heterocycles. The van der Waals surface area contributed by atoms with Crippen LogP contribution >= 0.6 is 11.3 Å². The molecule has 0 saturated heterocycles. The summed E-state index contributed by atoms with van der Waals surface area (Å²) in [5.74, 6) is 0.427. The molecular weight excluding hydrogens is 488 g/mol. The molecule has 0 saturated carbocycles. The molecule has 0 fully saturated rings. The third-order valence-electron chi connectivity index (χ3n) is 6.01. The van der Waals surface area contributed by atoms with Gasteiger partial charge in [-0.2, -0.15) is 0 Å². The lowest BCUT2D eigenvalue weighted by atomic mass is 9.95. The first kappa shape index (κ1) is 26.4. The number of para-hydroxylation sites is 1. The minimum Gasteiger partial charge on any atom is -0.490 e. The van der Waals surface area contributed by atoms with Gasteiger partial charge in [0.25, 0.3) is 5.91 Å². The highest BCUT2D eigenvalue weighted by molar-refractivity contribution is 7.16. The van der Waals surface area contributed by atoms with Crippen molar-refractivity contribution in [3.63, 3.8) is 0 Å². The van der Waals surface area contributed by atoms with Gasteiger partial charge in [-0.1, -0.05) is 18.2 Å². The number of nitrogens with zero attached hydrogens (tertiary/aromatic N) is 1. The Kier molecular flexibility index (Phi) is 8.95. The third-order valence-corrected chi connectivity index (χ3v) is 7.21. The van der Waals surface area contributed by atoms with Crippen molar-refractivity contribution in [1.82, 2.24) is 0 Å². The first-order chi connectivity index (χ1) is 18.0. The molecule has 0 aliphatic heterocycles. The van der Waals surface area contributed by atoms with Crippen LogP contribution in [0.25, 0.3) is 0 Å². The Balaban J connectivity index is 1.50. The zero-order valence-corrected chi connectivity index (χ0v) is 22.3. The summed E-state index contributed by atoms with van der Waals surface area (Å²) in [7, 11) is 0. The van der Waals surface area contributed by atoms with E-state index in [-0.39, 0.29) is 18.5 Å². The Morgan fingerprint density at radius 1 is 1.03 bits per heavy atom. The summed E-state index contributed by atoms with van der Waals surface area (Å²) in [5, 5.41) is 3.54. The summed E-state index contributed by atoms with van der Waals surface area (Å²) in [5.41, 5.74) is 4.21. The summed E-state index contributed by atoms with van der Waals surface area (Å²) < 4.78 is 16.9. The highest BCUT2D eigenvalue weighted by Gasteiger charge is 2.26. The number of carbonyl (C=O) groups is 2. The number of nitrogens with one attached hydrogen (secondary N) is 1. The lowest BCUT2D eigenvalue weighted by Gasteiger charge is -2.13. The van der Waals surface area contributed by atoms with Crippen LogP contribution in [0.15, 0.2) is 47.5 Å². The molecule has 7 nitrogen and oxygen atoms in total. The Morgan fingerprint density at radius 3 is 2.62 bits per heavy atom. The SMILES string of the molecule is CCOC(=O)c1c(N=Cc2ccc(OCC(=O)Nc3ccccc3C)c(OCC)c2)sc2c1CCCC2. The number of hydrogen-bond acceptors (Lipinski definition) is 7. The minimum atomic E-state index is -0.309. The number of carbonyl (C=O) groups excluding carboxylic acids is 2. The van der Waals surface area contributed by atoms with E-state index in [2.05, 4.69) is 10.3 Å². The molecule has 1 N–H and O–H groups in total. The van der Waals surface area contributed by atoms with Crippen LogP contribution in [-0.4, -0.2) is 37.9 Å². The molecule has 1 amide bonds. The quantitative estimate of drug-likeness (QED) is 0.251. The Morgan fingerprint density at radius 2 is 1.84 bits per heavy atom. The maximum absolute atomic E-state index is 12.7. The number of aliphatic imine (C=N–C) groups is 1. The Hall–Kier alpha value is -3.65. The van der Waals surface area contributed by atoms with Gasteiger partial charge in [-0.3, -0.25) is 4.79 Å². The van der Waals surface area contributed by atoms with Crippen molar-refractivity contribution in [2.45, 2.75) is 46.5 Å². The van der Waals surface area contributed by atoms with Crippen molar-refractivity contribution in [3.8, 4) is 11.5 Å². The monoisotopic (exact) mass is 520 g/mol. The number of fused-ring (bicyclic) bond motifs is 1. The van der Waals surface area contributed by atoms with E-state index in [1.807, 2.05) is 57.2 Å². The zero-order chi connectivity index (χ0) is 26.2. The van der Waals surface area contributed by atoms with Crippen LogP contribution < -0.4 is 14.8 Å². The molecule has 8 heteroatoms. The molecule has 1 aliphatic carbocycles. The maximum Gasteiger partial charge on any atom is 0.341 e. The summed E-state index contributed by atoms with van der Waals surface area (Å²) >= 11 is 1.57. The predicted octanol–water partition coefficient (Wildman–Crippen LogP) is 6.28. The van der Waals surface area contributed by atoms with Gasteiger partial charge in [-0.15, -0.1) is 11.3 Å². The van der Waals surface area contributed by atoms with Crippen LogP contribution in [0, 0.1) is 6.92 Å². The van der Waals surface area contributed by atoms with Gasteiger partial charge in [0, 0.05) is 16.8 Å². The number of thiophene rings is 1. The van der Waals surface area contributed by atoms with Gasteiger partial charge in [-0.05, 0) is 87.4 Å². The molecule has 37 heavy (non-hydrogen) atoms. The molecular formula is C29H32N2O5S. The molecule has 0 bridgehead atoms. The van der Waals surface area contributed by atoms with Gasteiger partial charge in [0.05, 0.1) is 18.8 Å². The fraction of sp³-hybridized carbons (Fsp3) is 0.345. The molecule has 1 aliphatic rings. The van der Waals surface area contributed by atoms with Crippen LogP contribution in [0.4, 0.5) is 10.7 Å². The van der Waals surface area contributed by atoms with E-state index in [0.717, 1.165) is 48.1 Å². The highest BCUT2D eigenvalue weighted by atomic mass is 32.1. The molecule has 0 unspecified atom stereocenters. The predicted molar refractivity (Wildman–Crippen MR) is 147 cm³/mol. The number of benzene rings is 2. The standard InChI is InChI=1S/C29H32N2O5S/c1-4-34-24-16-20(14-15-23(24)36-18-26(32)31-22-12-8-6-10-19(22)3)17-30-28-27(29(33)35-5-2)21-11-7-9-13-25(21)37-28/h6,8,10,12,14-17H,4-5,7,9,11,13,18H2,1-3H3,(H,31,32). The minimum absolute atomic E-state index is 0.147. The lowest BCUT2D eigenvalue weighted by molar-refractivity contribution is -0.118. The number of esters is 1. The van der Waals surface area contributed by atoms with E-state index in [4.69, 9.17) is 14.2 Å². The lowest BCUT2D eigenvalue weighted by Crippen LogP contribution is -2.20. The molecule has 0 spiro atoms. The summed E-state index contributed by atoms with van der Waals surface area (Å²) in [6.07, 6.45) is 5.77. The van der Waals surface area contributed by atoms with Crippen LogP contribution in [0.1, 0.15) is 58.6 Å². The molecule has 4 rings (SSSR count). The summed E-state index contributed by atoms with van der Waals surface area (Å²) in [4.78, 5) is 31.0. The number of anilines is 1. The van der Waals surface area contributed by atoms with Crippen molar-refractivity contribution in [3.05, 3.63) is 69.6 Å². The average molecular weight is 521 g/mol. The van der Waals surface area contributed by atoms with E-state index in [1.54, 1.807) is 23.6 Å². The van der Waals surface area contributed by atoms with E-state index in [9.17, 15) is 9.59 Å². The first-order valence-electron chi connectivity index (χ1n) is 12.6. The number of amides is 1. The van der Waals surface area contributed by atoms with Crippen LogP contribution in [0.2, 0.25) is 0 Å². The fourth-order valence-electron chi connectivity index (χ4n) is 4.22. The van der Waals surface area contributed by atoms with E-state index in [0.29, 0.717) is 35.3 Å². The molecule has 3 aromatic rings. The fourth-order valence-corrected chi connectivity index (χ4v) is 5.45. The second-order valence-corrected chi connectivity index (χ2v) is 9.74. The Labute approximate surface area is 221 Å². The number of hydrogen-bond donors (Lipinski definition) is 1. The third kappa shape index (κ3) is 6.57. The second kappa shape index (κ2) is 12.5. The summed E-state index contributed by atoms with van der Waals surface area (Å²) in [6.45, 7) is 6.25. The number of aryl methyl sites for hydroxylation is 2. The topological polar surface area (TPSA) is 86.2 Å². The molecule has 194 valence electrons. The Bertz CT molecular complexity index is 1300. The van der Waals surface area contributed by atoms with E-state index in [1.165, 1.54) is 4.88 Å². The van der Waals surface area contributed by atoms with Gasteiger partial charge in [0.1, 0.15) is 5.00 Å². The van der Waals surface area contributed by atoms with Gasteiger partial charge in [-0.25, -0.2) is 9.79 Å². The summed E-state index contributed by atoms with van der Waals surface area (Å²) in [6, 6.07) is 13.0. The van der Waals surface area contributed by atoms with Gasteiger partial charge in [0.2, 0.25) is 0 Å². The average Bonchev–Trinajstić information content (AvgIpc) is 3.27. The largest absolute Gasteiger partial charge is 0.490 e. The molecule has 0 atom stereocenters. The first-order valence-corrected chi connectivity index (χ1v) is 13.4. The second-order valence-electron chi connectivity index (χ2n) is 8.66. The van der Waals surface area contributed by atoms with Gasteiger partial charge in [0.15, 0.2) is 18.1 Å². The molecule has 0 radical (unpaired) electrons. The molecule has 2 aromatic carbocycles. The van der Waals surface area contributed by atoms with Gasteiger partial charge >= 0.3 is 5.97 Å². The zero-order valence-electron chi connectivity index (χ0n) is 21.5. The van der Waals surface area contributed by atoms with Crippen LogP contribution in [0.3, 0.4) is 0 Å². The van der Waals surface area contributed by atoms with Crippen LogP contribution in [0.5, 0.6) is 11.5 Å². The smallest absolute Gasteiger partial charge is 0.341 e. The van der Waals surface area contributed by atoms with Crippen LogP contribution in [-0.2, 0) is 22.4 Å². The number of rotatable bonds is 10. The maximum atomic E-state index is 12.7. The molecule has 1 heterocycles. The van der Waals surface area contributed by atoms with E-state index >= 15 is 0 Å². The highest BCUT2D eigenvalue weighted by Crippen LogP contribution is 2.40. The van der Waals surface area contributed by atoms with Crippen molar-refractivity contribution in [2.24, 2.45) is 4.99 Å². The van der Waals surface area contributed by atoms with Crippen molar-refractivity contribution >= 4 is 40.1 Å².